The topological polar surface area (TPSA) is 57.0 Å². The number of para-hydroxylation sites is 1. The van der Waals surface area contributed by atoms with Gasteiger partial charge < -0.3 is 4.74 Å². The summed E-state index contributed by atoms with van der Waals surface area (Å²) < 4.78 is 6.71. The van der Waals surface area contributed by atoms with E-state index in [1.807, 2.05) is 23.6 Å². The molecule has 0 unspecified atom stereocenters. The monoisotopic (exact) mass is 323 g/mol. The lowest BCUT2D eigenvalue weighted by Crippen LogP contribution is -2.11. The normalized spacial score (nSPS) is 10.5. The minimum absolute atomic E-state index is 0.369. The van der Waals surface area contributed by atoms with Gasteiger partial charge in [-0.15, -0.1) is 10.2 Å². The van der Waals surface area contributed by atoms with Crippen molar-refractivity contribution in [3.8, 4) is 5.69 Å². The number of methoxy groups -OCH3 is 1. The molecule has 0 amide bonds. The summed E-state index contributed by atoms with van der Waals surface area (Å²) >= 11 is 3.39. The second kappa shape index (κ2) is 5.97. The highest BCUT2D eigenvalue weighted by Gasteiger charge is 2.18. The first-order valence-corrected chi connectivity index (χ1v) is 7.01. The van der Waals surface area contributed by atoms with Crippen LogP contribution >= 0.6 is 15.9 Å². The van der Waals surface area contributed by atoms with Gasteiger partial charge in [0.2, 0.25) is 0 Å². The van der Waals surface area contributed by atoms with E-state index in [-0.39, 0.29) is 5.97 Å². The molecule has 2 rings (SSSR count). The molecule has 0 aliphatic rings. The van der Waals surface area contributed by atoms with E-state index in [1.54, 1.807) is 12.1 Å². The average molecular weight is 324 g/mol. The summed E-state index contributed by atoms with van der Waals surface area (Å²) in [7, 11) is 1.37. The second-order valence-electron chi connectivity index (χ2n) is 3.86. The van der Waals surface area contributed by atoms with Crippen molar-refractivity contribution in [3.05, 3.63) is 41.5 Å². The zero-order valence-electron chi connectivity index (χ0n) is 10.8. The van der Waals surface area contributed by atoms with Crippen molar-refractivity contribution in [1.82, 2.24) is 14.8 Å². The Balaban J connectivity index is 2.65. The molecule has 5 nitrogen and oxygen atoms in total. The van der Waals surface area contributed by atoms with Gasteiger partial charge in [0.1, 0.15) is 11.6 Å². The maximum atomic E-state index is 11.8. The molecule has 0 bridgehead atoms. The van der Waals surface area contributed by atoms with Crippen molar-refractivity contribution in [2.45, 2.75) is 18.7 Å². The molecule has 0 saturated heterocycles. The van der Waals surface area contributed by atoms with E-state index in [9.17, 15) is 4.79 Å². The first-order valence-electron chi connectivity index (χ1n) is 5.89. The number of hydrogen-bond acceptors (Lipinski definition) is 4. The number of esters is 1. The first-order chi connectivity index (χ1) is 9.22. The lowest BCUT2D eigenvalue weighted by molar-refractivity contribution is 0.0600. The van der Waals surface area contributed by atoms with E-state index in [1.165, 1.54) is 7.11 Å². The molecule has 6 heteroatoms. The third kappa shape index (κ3) is 2.53. The molecule has 0 spiro atoms. The number of nitrogens with zero attached hydrogens (tertiary/aromatic N) is 3. The largest absolute Gasteiger partial charge is 0.465 e. The highest BCUT2D eigenvalue weighted by Crippen LogP contribution is 2.20. The van der Waals surface area contributed by atoms with E-state index < -0.39 is 0 Å². The lowest BCUT2D eigenvalue weighted by Gasteiger charge is -2.12. The number of carbonyl (C=O) groups is 1. The molecule has 0 aliphatic heterocycles. The van der Waals surface area contributed by atoms with Crippen LogP contribution in [0, 0.1) is 0 Å². The zero-order valence-corrected chi connectivity index (χ0v) is 12.3. The number of hydrogen-bond donors (Lipinski definition) is 0. The van der Waals surface area contributed by atoms with Crippen LogP contribution in [0.1, 0.15) is 28.9 Å². The minimum Gasteiger partial charge on any atom is -0.465 e. The number of rotatable bonds is 4. The number of alkyl halides is 1. The zero-order chi connectivity index (χ0) is 13.8. The third-order valence-corrected chi connectivity index (χ3v) is 3.28. The molecule has 0 saturated carbocycles. The molecule has 100 valence electrons. The summed E-state index contributed by atoms with van der Waals surface area (Å²) in [6.07, 6.45) is 0.732. The Morgan fingerprint density at radius 3 is 2.63 bits per heavy atom. The Morgan fingerprint density at radius 1 is 1.32 bits per heavy atom. The van der Waals surface area contributed by atoms with E-state index in [2.05, 4.69) is 26.1 Å². The lowest BCUT2D eigenvalue weighted by atomic mass is 10.1. The number of aromatic nitrogens is 3. The standard InChI is InChI=1S/C13H14BrN3O2/c1-3-11-15-16-12(8-14)17(11)10-7-5-4-6-9(10)13(18)19-2/h4-7H,3,8H2,1-2H3. The van der Waals surface area contributed by atoms with Crippen LogP contribution in [0.3, 0.4) is 0 Å². The Labute approximate surface area is 119 Å². The fourth-order valence-corrected chi connectivity index (χ4v) is 2.26. The highest BCUT2D eigenvalue weighted by molar-refractivity contribution is 9.08. The number of benzene rings is 1. The van der Waals surface area contributed by atoms with Gasteiger partial charge in [-0.3, -0.25) is 4.57 Å². The maximum absolute atomic E-state index is 11.8. The van der Waals surface area contributed by atoms with Crippen LogP contribution < -0.4 is 0 Å². The first kappa shape index (κ1) is 13.7. The Kier molecular flexibility index (Phi) is 4.31. The molecule has 19 heavy (non-hydrogen) atoms. The van der Waals surface area contributed by atoms with E-state index in [4.69, 9.17) is 4.74 Å². The Hall–Kier alpha value is -1.69. The number of halogens is 1. The molecule has 0 radical (unpaired) electrons. The van der Waals surface area contributed by atoms with Crippen molar-refractivity contribution in [2.24, 2.45) is 0 Å². The fourth-order valence-electron chi connectivity index (χ4n) is 1.90. The number of carbonyl (C=O) groups excluding carboxylic acids is 1. The molecule has 0 aliphatic carbocycles. The van der Waals surface area contributed by atoms with Gasteiger partial charge in [-0.2, -0.15) is 0 Å². The van der Waals surface area contributed by atoms with Crippen LogP contribution in [0.4, 0.5) is 0 Å². The van der Waals surface area contributed by atoms with Gasteiger partial charge in [0.25, 0.3) is 0 Å². The molecule has 1 aromatic carbocycles. The molecule has 2 aromatic rings. The van der Waals surface area contributed by atoms with Crippen LogP contribution in [0.5, 0.6) is 0 Å². The maximum Gasteiger partial charge on any atom is 0.339 e. The molecular weight excluding hydrogens is 310 g/mol. The van der Waals surface area contributed by atoms with Gasteiger partial charge in [-0.25, -0.2) is 4.79 Å². The third-order valence-electron chi connectivity index (χ3n) is 2.78. The quantitative estimate of drug-likeness (QED) is 0.640. The van der Waals surface area contributed by atoms with Gasteiger partial charge in [-0.05, 0) is 12.1 Å². The van der Waals surface area contributed by atoms with Crippen molar-refractivity contribution in [3.63, 3.8) is 0 Å². The highest BCUT2D eigenvalue weighted by atomic mass is 79.9. The molecule has 0 fully saturated rings. The SMILES string of the molecule is CCc1nnc(CBr)n1-c1ccccc1C(=O)OC. The van der Waals surface area contributed by atoms with Crippen LogP contribution in [0.25, 0.3) is 5.69 Å². The minimum atomic E-state index is -0.369. The van der Waals surface area contributed by atoms with Crippen LogP contribution in [-0.4, -0.2) is 27.8 Å². The van der Waals surface area contributed by atoms with Crippen molar-refractivity contribution in [2.75, 3.05) is 7.11 Å². The summed E-state index contributed by atoms with van der Waals surface area (Å²) in [5, 5.41) is 8.83. The van der Waals surface area contributed by atoms with Gasteiger partial charge in [-0.1, -0.05) is 35.0 Å². The fraction of sp³-hybridized carbons (Fsp3) is 0.308. The van der Waals surface area contributed by atoms with E-state index in [0.29, 0.717) is 10.9 Å². The average Bonchev–Trinajstić information content (AvgIpc) is 2.89. The van der Waals surface area contributed by atoms with Crippen molar-refractivity contribution >= 4 is 21.9 Å². The summed E-state index contributed by atoms with van der Waals surface area (Å²) in [5.41, 5.74) is 1.24. The van der Waals surface area contributed by atoms with Crippen molar-refractivity contribution in [1.29, 1.82) is 0 Å². The van der Waals surface area contributed by atoms with E-state index in [0.717, 1.165) is 23.8 Å². The molecule has 0 N–H and O–H groups in total. The second-order valence-corrected chi connectivity index (χ2v) is 4.42. The molecule has 0 atom stereocenters. The molecular formula is C13H14BrN3O2. The van der Waals surface area contributed by atoms with Crippen LogP contribution in [0.2, 0.25) is 0 Å². The van der Waals surface area contributed by atoms with Gasteiger partial charge >= 0.3 is 5.97 Å². The number of aryl methyl sites for hydroxylation is 1. The Morgan fingerprint density at radius 2 is 2.00 bits per heavy atom. The van der Waals surface area contributed by atoms with Crippen LogP contribution in [0.15, 0.2) is 24.3 Å². The van der Waals surface area contributed by atoms with Crippen molar-refractivity contribution < 1.29 is 9.53 Å². The van der Waals surface area contributed by atoms with Gasteiger partial charge in [0.15, 0.2) is 0 Å². The predicted octanol–water partition coefficient (Wildman–Crippen LogP) is 2.51. The summed E-state index contributed by atoms with van der Waals surface area (Å²) in [5.74, 6) is 1.20. The van der Waals surface area contributed by atoms with E-state index >= 15 is 0 Å². The smallest absolute Gasteiger partial charge is 0.339 e. The molecule has 1 heterocycles. The van der Waals surface area contributed by atoms with Gasteiger partial charge in [0.05, 0.1) is 23.7 Å². The molecule has 1 aromatic heterocycles. The summed E-state index contributed by atoms with van der Waals surface area (Å²) in [4.78, 5) is 11.8. The Bertz CT molecular complexity index is 574. The predicted molar refractivity (Wildman–Crippen MR) is 74.7 cm³/mol. The van der Waals surface area contributed by atoms with Crippen LogP contribution in [-0.2, 0) is 16.5 Å². The number of ether oxygens (including phenoxy) is 1. The summed E-state index contributed by atoms with van der Waals surface area (Å²) in [6.45, 7) is 2.00. The summed E-state index contributed by atoms with van der Waals surface area (Å²) in [6, 6.07) is 7.28. The van der Waals surface area contributed by atoms with Gasteiger partial charge in [0, 0.05) is 6.42 Å².